The van der Waals surface area contributed by atoms with E-state index in [1.165, 1.54) is 0 Å². The van der Waals surface area contributed by atoms with Gasteiger partial charge in [-0.3, -0.25) is 9.59 Å². The average Bonchev–Trinajstić information content (AvgIpc) is 3.55. The van der Waals surface area contributed by atoms with Gasteiger partial charge in [0.2, 0.25) is 5.79 Å². The zero-order valence-electron chi connectivity index (χ0n) is 37.9. The molecule has 0 aromatic rings. The lowest BCUT2D eigenvalue weighted by atomic mass is 9.72. The normalized spacial score (nSPS) is 42.0. The van der Waals surface area contributed by atoms with Gasteiger partial charge in [0.25, 0.3) is 0 Å². The maximum Gasteiger partial charge on any atom is 0.407 e. The van der Waals surface area contributed by atoms with E-state index in [-0.39, 0.29) is 42.8 Å². The Morgan fingerprint density at radius 1 is 0.917 bits per heavy atom. The van der Waals surface area contributed by atoms with Crippen molar-refractivity contribution in [3.8, 4) is 0 Å². The maximum atomic E-state index is 14.6. The number of aliphatic hydroxyl groups excluding tert-OH is 2. The molecule has 4 saturated heterocycles. The van der Waals surface area contributed by atoms with Gasteiger partial charge in [-0.15, -0.1) is 0 Å². The number of amides is 1. The van der Waals surface area contributed by atoms with E-state index in [1.54, 1.807) is 19.1 Å². The molecule has 5 aliphatic rings. The lowest BCUT2D eigenvalue weighted by molar-refractivity contribution is -0.408. The third-order valence-electron chi connectivity index (χ3n) is 15.3. The Hall–Kier alpha value is -2.17. The number of aliphatic carboxylic acids is 1. The number of carboxylic acids is 1. The molecule has 5 heterocycles. The van der Waals surface area contributed by atoms with E-state index in [2.05, 4.69) is 19.2 Å². The smallest absolute Gasteiger partial charge is 0.407 e. The number of alkyl carbamates (subject to hydrolysis) is 1. The Labute approximate surface area is 357 Å². The van der Waals surface area contributed by atoms with Gasteiger partial charge >= 0.3 is 12.1 Å². The van der Waals surface area contributed by atoms with Crippen LogP contribution in [0.15, 0.2) is 12.2 Å². The molecule has 14 nitrogen and oxygen atoms in total. The van der Waals surface area contributed by atoms with Crippen LogP contribution in [0.4, 0.5) is 4.79 Å². The SMILES string of the molecule is CC[C@@H](C(=O)[C@@H](C)[C@@H](O)[C@H](C)[C@@H]1O[C@@H]([C@@H](CC)C(=O)O)CCC1C)[C@H]1O[C@]2(C=C[C@@H](OC(=O)NCCCO)[C@]3(CC[C@@](C)([C@H]4CC[C@](O)(CC)[C@H](C)O4)O3)O2)[C@H](C)C[C@@H]1C. The Balaban J connectivity index is 1.38. The van der Waals surface area contributed by atoms with E-state index in [4.69, 9.17) is 28.4 Å². The van der Waals surface area contributed by atoms with Crippen molar-refractivity contribution in [1.82, 2.24) is 5.32 Å². The average molecular weight is 852 g/mol. The second-order valence-electron chi connectivity index (χ2n) is 19.3. The largest absolute Gasteiger partial charge is 0.481 e. The molecule has 18 atom stereocenters. The molecule has 0 aliphatic carbocycles. The number of hydrogen-bond acceptors (Lipinski definition) is 12. The van der Waals surface area contributed by atoms with Crippen LogP contribution in [-0.2, 0) is 38.0 Å². The van der Waals surface area contributed by atoms with Gasteiger partial charge in [-0.25, -0.2) is 4.79 Å². The fourth-order valence-electron chi connectivity index (χ4n) is 11.0. The second-order valence-corrected chi connectivity index (χ2v) is 19.3. The number of ether oxygens (including phenoxy) is 6. The topological polar surface area (TPSA) is 200 Å². The van der Waals surface area contributed by atoms with Crippen molar-refractivity contribution in [2.45, 2.75) is 205 Å². The second kappa shape index (κ2) is 19.7. The summed E-state index contributed by atoms with van der Waals surface area (Å²) in [5.74, 6) is -6.38. The minimum absolute atomic E-state index is 0.0471. The van der Waals surface area contributed by atoms with Crippen LogP contribution >= 0.6 is 0 Å². The van der Waals surface area contributed by atoms with Gasteiger partial charge in [-0.1, -0.05) is 55.4 Å². The van der Waals surface area contributed by atoms with Crippen LogP contribution in [0.1, 0.15) is 140 Å². The molecule has 0 aromatic carbocycles. The first-order chi connectivity index (χ1) is 28.2. The van der Waals surface area contributed by atoms with E-state index in [0.29, 0.717) is 64.2 Å². The number of ketones is 1. The molecule has 5 rings (SSSR count). The molecule has 1 amide bonds. The Morgan fingerprint density at radius 2 is 1.62 bits per heavy atom. The number of carbonyl (C=O) groups is 3. The van der Waals surface area contributed by atoms with E-state index >= 15 is 0 Å². The lowest BCUT2D eigenvalue weighted by Crippen LogP contribution is -2.63. The molecule has 0 saturated carbocycles. The zero-order chi connectivity index (χ0) is 44.4. The highest BCUT2D eigenvalue weighted by Crippen LogP contribution is 2.54. The van der Waals surface area contributed by atoms with E-state index in [1.807, 2.05) is 48.5 Å². The third kappa shape index (κ3) is 9.81. The van der Waals surface area contributed by atoms with Crippen LogP contribution in [0.2, 0.25) is 0 Å². The summed E-state index contributed by atoms with van der Waals surface area (Å²) in [5, 5.41) is 44.8. The van der Waals surface area contributed by atoms with Crippen LogP contribution in [0.5, 0.6) is 0 Å². The summed E-state index contributed by atoms with van der Waals surface area (Å²) in [6.45, 7) is 19.6. The first-order valence-electron chi connectivity index (χ1n) is 23.0. The minimum atomic E-state index is -1.47. The molecule has 14 heteroatoms. The highest BCUT2D eigenvalue weighted by molar-refractivity contribution is 5.84. The van der Waals surface area contributed by atoms with E-state index < -0.39 is 95.1 Å². The molecule has 0 bridgehead atoms. The molecule has 2 spiro atoms. The van der Waals surface area contributed by atoms with Gasteiger partial charge in [0, 0.05) is 43.2 Å². The van der Waals surface area contributed by atoms with E-state index in [0.717, 1.165) is 6.42 Å². The Bertz CT molecular complexity index is 1510. The summed E-state index contributed by atoms with van der Waals surface area (Å²) in [7, 11) is 0. The summed E-state index contributed by atoms with van der Waals surface area (Å²) in [6, 6.07) is 0. The molecule has 5 aliphatic heterocycles. The fraction of sp³-hybridized carbons (Fsp3) is 0.891. The van der Waals surface area contributed by atoms with Crippen molar-refractivity contribution in [2.24, 2.45) is 41.4 Å². The predicted molar refractivity (Wildman–Crippen MR) is 223 cm³/mol. The van der Waals surface area contributed by atoms with Crippen molar-refractivity contribution in [3.63, 3.8) is 0 Å². The van der Waals surface area contributed by atoms with Crippen molar-refractivity contribution in [3.05, 3.63) is 12.2 Å². The molecule has 4 fully saturated rings. The van der Waals surface area contributed by atoms with Crippen LogP contribution in [0.3, 0.4) is 0 Å². The number of aliphatic hydroxyl groups is 3. The van der Waals surface area contributed by atoms with Gasteiger partial charge in [0.1, 0.15) is 5.78 Å². The van der Waals surface area contributed by atoms with Crippen LogP contribution in [0.25, 0.3) is 0 Å². The predicted octanol–water partition coefficient (Wildman–Crippen LogP) is 6.30. The number of carboxylic acid groups (broad SMARTS) is 1. The fourth-order valence-corrected chi connectivity index (χ4v) is 11.0. The number of nitrogens with one attached hydrogen (secondary N) is 1. The Morgan fingerprint density at radius 3 is 2.23 bits per heavy atom. The number of Topliss-reactive ketones (excluding diaryl/α,β-unsaturated/α-hetero) is 1. The summed E-state index contributed by atoms with van der Waals surface area (Å²) >= 11 is 0. The molecule has 1 unspecified atom stereocenters. The molecular weight excluding hydrogens is 774 g/mol. The van der Waals surface area contributed by atoms with Crippen LogP contribution < -0.4 is 5.32 Å². The molecule has 5 N–H and O–H groups in total. The standard InChI is InChI=1S/C46H77NO13/c1-11-32(41(51)52)34-16-15-26(4)39(56-34)30(8)37(49)29(7)38(50)33(12-2)40-27(5)25-28(6)45(58-40)20-18-36(57-42(53)47-23-14-24-48)46(60-45)22-21-43(10,59-46)35-17-19-44(54,13-3)31(9)55-35/h18,20,26-37,39-40,48-49,54H,11-17,19,21-25H2,1-10H3,(H,47,53)(H,51,52)/t26?,27-,28+,29-,30-,31-,32+,33-,34+,35+,36+,37+,39+,40-,43-,44+,45-,46-/m0/s1. The molecule has 0 aromatic heterocycles. The quantitative estimate of drug-likeness (QED) is 0.0857. The summed E-state index contributed by atoms with van der Waals surface area (Å²) in [6.07, 6.45) is 4.56. The molecule has 344 valence electrons. The van der Waals surface area contributed by atoms with Gasteiger partial charge in [-0.05, 0) is 102 Å². The lowest BCUT2D eigenvalue weighted by Gasteiger charge is -2.54. The minimum Gasteiger partial charge on any atom is -0.481 e. The number of rotatable bonds is 16. The summed E-state index contributed by atoms with van der Waals surface area (Å²) in [5.41, 5.74) is -1.79. The molecule has 0 radical (unpaired) electrons. The van der Waals surface area contributed by atoms with Gasteiger partial charge < -0.3 is 54.2 Å². The van der Waals surface area contributed by atoms with Crippen LogP contribution in [-0.4, -0.2) is 117 Å². The maximum absolute atomic E-state index is 14.6. The summed E-state index contributed by atoms with van der Waals surface area (Å²) < 4.78 is 40.2. The van der Waals surface area contributed by atoms with Gasteiger partial charge in [-0.2, -0.15) is 0 Å². The van der Waals surface area contributed by atoms with Gasteiger partial charge in [0.05, 0.1) is 53.7 Å². The molecular formula is C46H77NO13. The zero-order valence-corrected chi connectivity index (χ0v) is 37.9. The molecule has 60 heavy (non-hydrogen) atoms. The number of carbonyl (C=O) groups excluding carboxylic acids is 2. The number of hydrogen-bond donors (Lipinski definition) is 5. The highest BCUT2D eigenvalue weighted by Gasteiger charge is 2.64. The third-order valence-corrected chi connectivity index (χ3v) is 15.3. The first-order valence-corrected chi connectivity index (χ1v) is 23.0. The van der Waals surface area contributed by atoms with Crippen molar-refractivity contribution >= 4 is 17.8 Å². The van der Waals surface area contributed by atoms with Crippen LogP contribution in [0, 0.1) is 41.4 Å². The highest BCUT2D eigenvalue weighted by atomic mass is 16.8. The van der Waals surface area contributed by atoms with Crippen molar-refractivity contribution in [1.29, 1.82) is 0 Å². The van der Waals surface area contributed by atoms with E-state index in [9.17, 15) is 34.8 Å². The van der Waals surface area contributed by atoms with Crippen molar-refractivity contribution in [2.75, 3.05) is 13.2 Å². The van der Waals surface area contributed by atoms with Crippen molar-refractivity contribution < 1.29 is 63.2 Å². The monoisotopic (exact) mass is 852 g/mol. The van der Waals surface area contributed by atoms with Gasteiger partial charge in [0.15, 0.2) is 11.9 Å². The Kier molecular flexibility index (Phi) is 16.0. The summed E-state index contributed by atoms with van der Waals surface area (Å²) in [4.78, 5) is 39.7. The first kappa shape index (κ1) is 48.9.